The van der Waals surface area contributed by atoms with Crippen LogP contribution in [0.2, 0.25) is 0 Å². The lowest BCUT2D eigenvalue weighted by Crippen LogP contribution is -2.42. The summed E-state index contributed by atoms with van der Waals surface area (Å²) in [7, 11) is 0. The number of benzene rings is 3. The third-order valence-electron chi connectivity index (χ3n) is 4.66. The minimum Gasteiger partial charge on any atom is -0.352 e. The molecule has 3 aromatic carbocycles. The van der Waals surface area contributed by atoms with Crippen molar-refractivity contribution in [2.24, 2.45) is 0 Å². The summed E-state index contributed by atoms with van der Waals surface area (Å²) in [5, 5.41) is 7.27. The van der Waals surface area contributed by atoms with E-state index >= 15 is 0 Å². The summed E-state index contributed by atoms with van der Waals surface area (Å²) < 4.78 is 27.4. The molecule has 0 aliphatic rings. The van der Waals surface area contributed by atoms with Crippen molar-refractivity contribution < 1.29 is 18.4 Å². The molecule has 2 amide bonds. The zero-order chi connectivity index (χ0) is 20.8. The van der Waals surface area contributed by atoms with Crippen LogP contribution in [-0.4, -0.2) is 24.4 Å². The van der Waals surface area contributed by atoms with Gasteiger partial charge in [0.1, 0.15) is 11.6 Å². The van der Waals surface area contributed by atoms with Crippen LogP contribution in [0.15, 0.2) is 60.7 Å². The van der Waals surface area contributed by atoms with Crippen molar-refractivity contribution in [3.63, 3.8) is 0 Å². The van der Waals surface area contributed by atoms with Crippen LogP contribution in [0.5, 0.6) is 0 Å². The highest BCUT2D eigenvalue weighted by Gasteiger charge is 2.15. The number of nitrogens with one attached hydrogen (secondary N) is 2. The fraction of sp³-hybridized carbons (Fsp3) is 0.217. The Bertz CT molecular complexity index is 1010. The first kappa shape index (κ1) is 20.5. The van der Waals surface area contributed by atoms with E-state index in [-0.39, 0.29) is 30.9 Å². The van der Waals surface area contributed by atoms with Crippen molar-refractivity contribution in [3.05, 3.63) is 83.4 Å². The maximum absolute atomic E-state index is 13.7. The SMILES string of the molecule is CC(Cc1c(F)cccc1F)NC(=O)CNC(=O)Cc1cccc2ccccc12. The second kappa shape index (κ2) is 9.28. The molecule has 0 radical (unpaired) electrons. The first-order valence-corrected chi connectivity index (χ1v) is 9.39. The molecule has 0 aliphatic heterocycles. The van der Waals surface area contributed by atoms with E-state index in [2.05, 4.69) is 10.6 Å². The van der Waals surface area contributed by atoms with Gasteiger partial charge in [-0.3, -0.25) is 9.59 Å². The fourth-order valence-electron chi connectivity index (χ4n) is 3.27. The second-order valence-electron chi connectivity index (χ2n) is 6.96. The molecule has 4 nitrogen and oxygen atoms in total. The quantitative estimate of drug-likeness (QED) is 0.642. The molecule has 2 N–H and O–H groups in total. The third kappa shape index (κ3) is 5.38. The van der Waals surface area contributed by atoms with Gasteiger partial charge >= 0.3 is 0 Å². The largest absolute Gasteiger partial charge is 0.352 e. The van der Waals surface area contributed by atoms with Crippen molar-refractivity contribution in [3.8, 4) is 0 Å². The first-order valence-electron chi connectivity index (χ1n) is 9.39. The molecule has 150 valence electrons. The van der Waals surface area contributed by atoms with Crippen LogP contribution in [0.3, 0.4) is 0 Å². The molecule has 0 fully saturated rings. The predicted octanol–water partition coefficient (Wildman–Crippen LogP) is 3.52. The van der Waals surface area contributed by atoms with Crippen molar-refractivity contribution in [1.29, 1.82) is 0 Å². The van der Waals surface area contributed by atoms with Crippen molar-refractivity contribution in [2.45, 2.75) is 25.8 Å². The van der Waals surface area contributed by atoms with Gasteiger partial charge in [-0.05, 0) is 41.8 Å². The summed E-state index contributed by atoms with van der Waals surface area (Å²) in [5.74, 6) is -1.98. The Morgan fingerprint density at radius 1 is 0.897 bits per heavy atom. The summed E-state index contributed by atoms with van der Waals surface area (Å²) in [6, 6.07) is 16.7. The number of hydrogen-bond acceptors (Lipinski definition) is 2. The molecule has 0 bridgehead atoms. The van der Waals surface area contributed by atoms with E-state index in [9.17, 15) is 18.4 Å². The standard InChI is InChI=1S/C23H22F2N2O2/c1-15(12-19-20(24)10-5-11-21(19)25)27-23(29)14-26-22(28)13-17-8-4-7-16-6-2-3-9-18(16)17/h2-11,15H,12-14H2,1H3,(H,26,28)(H,27,29). The molecule has 29 heavy (non-hydrogen) atoms. The van der Waals surface area contributed by atoms with E-state index in [1.807, 2.05) is 42.5 Å². The van der Waals surface area contributed by atoms with Gasteiger partial charge in [-0.1, -0.05) is 48.5 Å². The van der Waals surface area contributed by atoms with E-state index < -0.39 is 23.6 Å². The summed E-state index contributed by atoms with van der Waals surface area (Å²) in [5.41, 5.74) is 0.810. The number of hydrogen-bond donors (Lipinski definition) is 2. The third-order valence-corrected chi connectivity index (χ3v) is 4.66. The molecule has 0 aromatic heterocycles. The van der Waals surface area contributed by atoms with Crippen molar-refractivity contribution in [2.75, 3.05) is 6.54 Å². The summed E-state index contributed by atoms with van der Waals surface area (Å²) >= 11 is 0. The van der Waals surface area contributed by atoms with Gasteiger partial charge in [-0.2, -0.15) is 0 Å². The van der Waals surface area contributed by atoms with Gasteiger partial charge < -0.3 is 10.6 Å². The normalized spacial score (nSPS) is 11.8. The molecule has 3 rings (SSSR count). The molecule has 0 saturated carbocycles. The van der Waals surface area contributed by atoms with Crippen LogP contribution in [0.4, 0.5) is 8.78 Å². The maximum Gasteiger partial charge on any atom is 0.239 e. The molecule has 3 aromatic rings. The average Bonchev–Trinajstić information content (AvgIpc) is 2.70. The molecule has 0 aliphatic carbocycles. The smallest absolute Gasteiger partial charge is 0.239 e. The molecule has 0 heterocycles. The Balaban J connectivity index is 1.50. The lowest BCUT2D eigenvalue weighted by molar-refractivity contribution is -0.126. The van der Waals surface area contributed by atoms with Crippen LogP contribution in [0, 0.1) is 11.6 Å². The van der Waals surface area contributed by atoms with Gasteiger partial charge in [0.2, 0.25) is 11.8 Å². The molecule has 6 heteroatoms. The lowest BCUT2D eigenvalue weighted by Gasteiger charge is -2.15. The number of rotatable bonds is 7. The molecule has 0 spiro atoms. The zero-order valence-electron chi connectivity index (χ0n) is 16.0. The van der Waals surface area contributed by atoms with Crippen LogP contribution in [0.25, 0.3) is 10.8 Å². The van der Waals surface area contributed by atoms with Gasteiger partial charge in [-0.25, -0.2) is 8.78 Å². The highest BCUT2D eigenvalue weighted by Crippen LogP contribution is 2.18. The number of halogens is 2. The summed E-state index contributed by atoms with van der Waals surface area (Å²) in [4.78, 5) is 24.3. The topological polar surface area (TPSA) is 58.2 Å². The lowest BCUT2D eigenvalue weighted by atomic mass is 10.0. The van der Waals surface area contributed by atoms with E-state index in [4.69, 9.17) is 0 Å². The van der Waals surface area contributed by atoms with Gasteiger partial charge in [0.05, 0.1) is 13.0 Å². The van der Waals surface area contributed by atoms with Crippen LogP contribution >= 0.6 is 0 Å². The molecule has 0 saturated heterocycles. The van der Waals surface area contributed by atoms with Gasteiger partial charge in [-0.15, -0.1) is 0 Å². The maximum atomic E-state index is 13.7. The summed E-state index contributed by atoms with van der Waals surface area (Å²) in [6.45, 7) is 1.45. The Morgan fingerprint density at radius 3 is 2.31 bits per heavy atom. The second-order valence-corrected chi connectivity index (χ2v) is 6.96. The molecular formula is C23H22F2N2O2. The highest BCUT2D eigenvalue weighted by atomic mass is 19.1. The zero-order valence-corrected chi connectivity index (χ0v) is 16.0. The Kier molecular flexibility index (Phi) is 6.54. The van der Waals surface area contributed by atoms with Gasteiger partial charge in [0.25, 0.3) is 0 Å². The van der Waals surface area contributed by atoms with Gasteiger partial charge in [0, 0.05) is 11.6 Å². The fourth-order valence-corrected chi connectivity index (χ4v) is 3.27. The van der Waals surface area contributed by atoms with Crippen LogP contribution in [-0.2, 0) is 22.4 Å². The van der Waals surface area contributed by atoms with E-state index in [0.717, 1.165) is 16.3 Å². The molecule has 1 atom stereocenters. The minimum atomic E-state index is -0.644. The highest BCUT2D eigenvalue weighted by molar-refractivity contribution is 5.91. The van der Waals surface area contributed by atoms with Crippen LogP contribution in [0.1, 0.15) is 18.1 Å². The first-order chi connectivity index (χ1) is 13.9. The number of carbonyl (C=O) groups is 2. The van der Waals surface area contributed by atoms with E-state index in [1.54, 1.807) is 6.92 Å². The Morgan fingerprint density at radius 2 is 1.55 bits per heavy atom. The summed E-state index contributed by atoms with van der Waals surface area (Å²) in [6.07, 6.45) is 0.179. The molecule has 1 unspecified atom stereocenters. The van der Waals surface area contributed by atoms with Gasteiger partial charge in [0.15, 0.2) is 0 Å². The average molecular weight is 396 g/mol. The van der Waals surface area contributed by atoms with E-state index in [0.29, 0.717) is 0 Å². The van der Waals surface area contributed by atoms with Crippen molar-refractivity contribution >= 4 is 22.6 Å². The number of fused-ring (bicyclic) bond motifs is 1. The molecular weight excluding hydrogens is 374 g/mol. The van der Waals surface area contributed by atoms with Crippen molar-refractivity contribution in [1.82, 2.24) is 10.6 Å². The van der Waals surface area contributed by atoms with Crippen LogP contribution < -0.4 is 10.6 Å². The Labute approximate surface area is 167 Å². The predicted molar refractivity (Wildman–Crippen MR) is 108 cm³/mol. The minimum absolute atomic E-state index is 0.0220. The Hall–Kier alpha value is -3.28. The van der Waals surface area contributed by atoms with E-state index in [1.165, 1.54) is 18.2 Å². The number of carbonyl (C=O) groups excluding carboxylic acids is 2. The number of amides is 2. The monoisotopic (exact) mass is 396 g/mol.